The summed E-state index contributed by atoms with van der Waals surface area (Å²) in [5.41, 5.74) is 2.10. The molecular weight excluding hydrogens is 239 g/mol. The first kappa shape index (κ1) is 7.65. The molecule has 52 valence electrons. The van der Waals surface area contributed by atoms with Crippen LogP contribution < -0.4 is 0 Å². The number of halogens is 1. The molecule has 1 aromatic rings. The van der Waals surface area contributed by atoms with E-state index in [1.165, 1.54) is 0 Å². The predicted octanol–water partition coefficient (Wildman–Crippen LogP) is 2.48. The van der Waals surface area contributed by atoms with Crippen molar-refractivity contribution in [1.29, 1.82) is 0 Å². The van der Waals surface area contributed by atoms with Crippen molar-refractivity contribution in [1.82, 2.24) is 4.98 Å². The summed E-state index contributed by atoms with van der Waals surface area (Å²) in [5.74, 6) is 0. The lowest BCUT2D eigenvalue weighted by Gasteiger charge is -1.94. The second-order valence-corrected chi connectivity index (χ2v) is 2.45. The number of hydrogen-bond donors (Lipinski definition) is 0. The van der Waals surface area contributed by atoms with Crippen LogP contribution in [0.4, 0.5) is 5.69 Å². The van der Waals surface area contributed by atoms with Crippen LogP contribution in [0.1, 0.15) is 5.56 Å². The highest BCUT2D eigenvalue weighted by Gasteiger charge is 1.90. The van der Waals surface area contributed by atoms with E-state index < -0.39 is 0 Å². The molecule has 0 aliphatic rings. The molecule has 0 radical (unpaired) electrons. The average Bonchev–Trinajstić information content (AvgIpc) is 1.94. The number of hydrogen-bond acceptors (Lipinski definition) is 2. The monoisotopic (exact) mass is 246 g/mol. The van der Waals surface area contributed by atoms with Gasteiger partial charge in [-0.2, -0.15) is 0 Å². The lowest BCUT2D eigenvalue weighted by molar-refractivity contribution is 1.25. The van der Waals surface area contributed by atoms with E-state index in [9.17, 15) is 0 Å². The second-order valence-electron chi connectivity index (χ2n) is 1.89. The summed E-state index contributed by atoms with van der Waals surface area (Å²) in [5, 5.41) is 0. The van der Waals surface area contributed by atoms with Gasteiger partial charge in [-0.05, 0) is 41.1 Å². The van der Waals surface area contributed by atoms with Crippen molar-refractivity contribution < 1.29 is 0 Å². The van der Waals surface area contributed by atoms with Crippen LogP contribution >= 0.6 is 22.6 Å². The minimum absolute atomic E-state index is 0.990. The Morgan fingerprint density at radius 2 is 2.50 bits per heavy atom. The van der Waals surface area contributed by atoms with Crippen LogP contribution in [0.3, 0.4) is 0 Å². The quantitative estimate of drug-likeness (QED) is 0.552. The maximum Gasteiger partial charge on any atom is 0.0694 e. The zero-order valence-corrected chi connectivity index (χ0v) is 7.74. The van der Waals surface area contributed by atoms with E-state index in [1.54, 1.807) is 16.6 Å². The summed E-state index contributed by atoms with van der Waals surface area (Å²) >= 11 is 2.10. The van der Waals surface area contributed by atoms with Gasteiger partial charge in [0.1, 0.15) is 0 Å². The van der Waals surface area contributed by atoms with Crippen LogP contribution in [-0.2, 0) is 0 Å². The normalized spacial score (nSPS) is 10.6. The van der Waals surface area contributed by atoms with Gasteiger partial charge in [0.2, 0.25) is 0 Å². The standard InChI is InChI=1S/C7H7IN2/c1-6-4-9-3-2-7(6)10-5-8/h2-5H,1H3. The third kappa shape index (κ3) is 1.76. The smallest absolute Gasteiger partial charge is 0.0694 e. The van der Waals surface area contributed by atoms with E-state index in [4.69, 9.17) is 0 Å². The van der Waals surface area contributed by atoms with Gasteiger partial charge in [0, 0.05) is 12.4 Å². The molecule has 0 bridgehead atoms. The molecule has 0 N–H and O–H groups in total. The summed E-state index contributed by atoms with van der Waals surface area (Å²) < 4.78 is 1.75. The zero-order chi connectivity index (χ0) is 7.40. The Hall–Kier alpha value is -0.450. The molecule has 1 aromatic heterocycles. The summed E-state index contributed by atoms with van der Waals surface area (Å²) in [7, 11) is 0. The van der Waals surface area contributed by atoms with Crippen molar-refractivity contribution in [2.24, 2.45) is 4.99 Å². The van der Waals surface area contributed by atoms with Crippen molar-refractivity contribution >= 4 is 32.5 Å². The van der Waals surface area contributed by atoms with Crippen molar-refractivity contribution in [3.05, 3.63) is 24.0 Å². The third-order valence-electron chi connectivity index (χ3n) is 1.18. The molecule has 2 nitrogen and oxygen atoms in total. The Balaban J connectivity index is 3.03. The SMILES string of the molecule is Cc1cnccc1N=CI. The molecule has 0 spiro atoms. The first-order chi connectivity index (χ1) is 4.84. The van der Waals surface area contributed by atoms with Crippen LogP contribution in [0.5, 0.6) is 0 Å². The lowest BCUT2D eigenvalue weighted by atomic mass is 10.3. The molecule has 0 saturated heterocycles. The van der Waals surface area contributed by atoms with Gasteiger partial charge >= 0.3 is 0 Å². The maximum atomic E-state index is 4.13. The number of pyridine rings is 1. The number of rotatable bonds is 1. The van der Waals surface area contributed by atoms with E-state index in [-0.39, 0.29) is 0 Å². The van der Waals surface area contributed by atoms with Crippen molar-refractivity contribution in [2.45, 2.75) is 6.92 Å². The third-order valence-corrected chi connectivity index (χ3v) is 1.46. The summed E-state index contributed by atoms with van der Waals surface area (Å²) in [6, 6.07) is 1.89. The molecule has 1 heterocycles. The Morgan fingerprint density at radius 1 is 1.70 bits per heavy atom. The minimum atomic E-state index is 0.990. The highest BCUT2D eigenvalue weighted by Crippen LogP contribution is 2.14. The van der Waals surface area contributed by atoms with Gasteiger partial charge in [-0.25, -0.2) is 4.99 Å². The molecule has 0 amide bonds. The molecule has 3 heteroatoms. The Kier molecular flexibility index (Phi) is 2.80. The fraction of sp³-hybridized carbons (Fsp3) is 0.143. The van der Waals surface area contributed by atoms with Gasteiger partial charge in [0.25, 0.3) is 0 Å². The molecule has 1 rings (SSSR count). The summed E-state index contributed by atoms with van der Waals surface area (Å²) in [6.07, 6.45) is 3.55. The van der Waals surface area contributed by atoms with Crippen LogP contribution in [0.25, 0.3) is 0 Å². The van der Waals surface area contributed by atoms with Gasteiger partial charge in [0.05, 0.1) is 9.91 Å². The topological polar surface area (TPSA) is 25.2 Å². The summed E-state index contributed by atoms with van der Waals surface area (Å²) in [6.45, 7) is 1.99. The first-order valence-corrected chi connectivity index (χ1v) is 4.12. The Bertz CT molecular complexity index is 245. The van der Waals surface area contributed by atoms with Crippen molar-refractivity contribution in [2.75, 3.05) is 0 Å². The molecule has 0 aliphatic heterocycles. The Labute approximate surface area is 73.5 Å². The highest BCUT2D eigenvalue weighted by molar-refractivity contribution is 14.1. The molecule has 0 fully saturated rings. The summed E-state index contributed by atoms with van der Waals surface area (Å²) in [4.78, 5) is 8.08. The van der Waals surface area contributed by atoms with Gasteiger partial charge < -0.3 is 0 Å². The Morgan fingerprint density at radius 3 is 3.10 bits per heavy atom. The van der Waals surface area contributed by atoms with Crippen LogP contribution in [0.2, 0.25) is 0 Å². The molecule has 0 saturated carbocycles. The fourth-order valence-electron chi connectivity index (χ4n) is 0.663. The lowest BCUT2D eigenvalue weighted by Crippen LogP contribution is -1.75. The number of aryl methyl sites for hydroxylation is 1. The number of nitrogens with zero attached hydrogens (tertiary/aromatic N) is 2. The minimum Gasteiger partial charge on any atom is -0.264 e. The molecule has 0 atom stereocenters. The van der Waals surface area contributed by atoms with Crippen LogP contribution in [0.15, 0.2) is 23.5 Å². The molecule has 10 heavy (non-hydrogen) atoms. The molecular formula is C7H7IN2. The maximum absolute atomic E-state index is 4.13. The predicted molar refractivity (Wildman–Crippen MR) is 51.1 cm³/mol. The molecule has 0 unspecified atom stereocenters. The van der Waals surface area contributed by atoms with E-state index in [0.717, 1.165) is 11.3 Å². The van der Waals surface area contributed by atoms with Crippen LogP contribution in [0, 0.1) is 6.92 Å². The fourth-order valence-corrected chi connectivity index (χ4v) is 0.964. The highest BCUT2D eigenvalue weighted by atomic mass is 127. The number of aromatic nitrogens is 1. The van der Waals surface area contributed by atoms with E-state index >= 15 is 0 Å². The van der Waals surface area contributed by atoms with Crippen LogP contribution in [-0.4, -0.2) is 9.21 Å². The first-order valence-electron chi connectivity index (χ1n) is 2.88. The average molecular weight is 246 g/mol. The van der Waals surface area contributed by atoms with E-state index in [1.807, 2.05) is 13.0 Å². The molecule has 0 aliphatic carbocycles. The largest absolute Gasteiger partial charge is 0.264 e. The molecule has 0 aromatic carbocycles. The van der Waals surface area contributed by atoms with Gasteiger partial charge in [-0.15, -0.1) is 0 Å². The van der Waals surface area contributed by atoms with E-state index in [2.05, 4.69) is 32.6 Å². The van der Waals surface area contributed by atoms with Crippen molar-refractivity contribution in [3.63, 3.8) is 0 Å². The second kappa shape index (κ2) is 3.65. The number of aliphatic imine (C=N–C) groups is 1. The van der Waals surface area contributed by atoms with Gasteiger partial charge in [-0.3, -0.25) is 4.98 Å². The van der Waals surface area contributed by atoms with Gasteiger partial charge in [0.15, 0.2) is 0 Å². The van der Waals surface area contributed by atoms with E-state index in [0.29, 0.717) is 0 Å². The van der Waals surface area contributed by atoms with Gasteiger partial charge in [-0.1, -0.05) is 0 Å². The zero-order valence-electron chi connectivity index (χ0n) is 5.58. The van der Waals surface area contributed by atoms with Crippen molar-refractivity contribution in [3.8, 4) is 0 Å².